The number of hydrogen-bond acceptors (Lipinski definition) is 9. The average Bonchev–Trinajstić information content (AvgIpc) is 3.82. The molecule has 3 heterocycles. The molecule has 3 aromatic carbocycles. The minimum Gasteiger partial charge on any atom is -0.493 e. The maximum Gasteiger partial charge on any atom is 0.422 e. The van der Waals surface area contributed by atoms with Crippen LogP contribution in [0.2, 0.25) is 0 Å². The standard InChI is InChI=1S/C36H31N3O7/c1-42-30-16-12-27(20-32(30)43-23-29-24-45-34(38-29)19-15-26-10-6-3-7-11-26)13-17-31-35(40)39(36(41)46-31)21-28-22-44-33(37-28)18-14-25-8-4-2-5-9-25/h2-12,14-16,18-20,22,24,40H,13,17,21,23H2,1H3. The SMILES string of the molecule is COc1ccc(CCc2oc(=O)n(Cc3coc(C=Cc4ccccc4)n3)c2O)cc1OCc1coc(C=Cc2ccccc2)n1. The number of rotatable bonds is 13. The molecule has 0 atom stereocenters. The van der Waals surface area contributed by atoms with Gasteiger partial charge in [0.05, 0.1) is 19.3 Å². The van der Waals surface area contributed by atoms with Crippen LogP contribution >= 0.6 is 0 Å². The van der Waals surface area contributed by atoms with Crippen molar-refractivity contribution in [2.45, 2.75) is 26.0 Å². The summed E-state index contributed by atoms with van der Waals surface area (Å²) in [5.41, 5.74) is 4.03. The molecule has 3 aromatic heterocycles. The van der Waals surface area contributed by atoms with Crippen LogP contribution in [0.25, 0.3) is 24.3 Å². The fraction of sp³-hybridized carbons (Fsp3) is 0.139. The monoisotopic (exact) mass is 617 g/mol. The zero-order valence-electron chi connectivity index (χ0n) is 25.0. The maximum atomic E-state index is 12.6. The van der Waals surface area contributed by atoms with Gasteiger partial charge in [0.2, 0.25) is 17.7 Å². The second-order valence-electron chi connectivity index (χ2n) is 10.3. The first kappa shape index (κ1) is 30.0. The first-order valence-electron chi connectivity index (χ1n) is 14.6. The van der Waals surface area contributed by atoms with Gasteiger partial charge in [-0.05, 0) is 47.4 Å². The van der Waals surface area contributed by atoms with E-state index in [-0.39, 0.29) is 31.2 Å². The molecule has 0 aliphatic carbocycles. The molecule has 10 nitrogen and oxygen atoms in total. The molecule has 0 radical (unpaired) electrons. The first-order chi connectivity index (χ1) is 22.5. The molecule has 1 N–H and O–H groups in total. The summed E-state index contributed by atoms with van der Waals surface area (Å²) in [5, 5.41) is 10.8. The molecule has 0 bridgehead atoms. The van der Waals surface area contributed by atoms with Crippen LogP contribution in [0.4, 0.5) is 0 Å². The van der Waals surface area contributed by atoms with Gasteiger partial charge in [0.25, 0.3) is 0 Å². The number of oxazole rings is 3. The Labute approximate surface area is 264 Å². The van der Waals surface area contributed by atoms with E-state index in [2.05, 4.69) is 9.97 Å². The molecule has 0 unspecified atom stereocenters. The lowest BCUT2D eigenvalue weighted by Gasteiger charge is -2.11. The predicted molar refractivity (Wildman–Crippen MR) is 172 cm³/mol. The van der Waals surface area contributed by atoms with Crippen molar-refractivity contribution in [1.29, 1.82) is 0 Å². The summed E-state index contributed by atoms with van der Waals surface area (Å²) in [6, 6.07) is 25.2. The van der Waals surface area contributed by atoms with Crippen LogP contribution in [0.1, 0.15) is 45.6 Å². The molecule has 0 aliphatic rings. The number of methoxy groups -OCH3 is 1. The second kappa shape index (κ2) is 14.2. The van der Waals surface area contributed by atoms with E-state index in [9.17, 15) is 9.90 Å². The Morgan fingerprint density at radius 1 is 0.783 bits per heavy atom. The summed E-state index contributed by atoms with van der Waals surface area (Å²) in [7, 11) is 1.57. The Morgan fingerprint density at radius 3 is 2.07 bits per heavy atom. The number of ether oxygens (including phenoxy) is 2. The Bertz CT molecular complexity index is 2000. The molecule has 0 amide bonds. The number of aryl methyl sites for hydroxylation is 2. The molecule has 0 saturated heterocycles. The molecule has 10 heteroatoms. The summed E-state index contributed by atoms with van der Waals surface area (Å²) < 4.78 is 29.1. The van der Waals surface area contributed by atoms with E-state index in [1.54, 1.807) is 31.6 Å². The largest absolute Gasteiger partial charge is 0.493 e. The van der Waals surface area contributed by atoms with Crippen molar-refractivity contribution in [3.8, 4) is 17.4 Å². The third-order valence-electron chi connectivity index (χ3n) is 7.08. The van der Waals surface area contributed by atoms with Crippen molar-refractivity contribution in [3.63, 3.8) is 0 Å². The molecule has 6 rings (SSSR count). The van der Waals surface area contributed by atoms with Gasteiger partial charge in [-0.1, -0.05) is 66.7 Å². The van der Waals surface area contributed by atoms with E-state index >= 15 is 0 Å². The van der Waals surface area contributed by atoms with Crippen molar-refractivity contribution in [1.82, 2.24) is 14.5 Å². The lowest BCUT2D eigenvalue weighted by atomic mass is 10.1. The van der Waals surface area contributed by atoms with Crippen LogP contribution < -0.4 is 15.2 Å². The molecule has 0 aliphatic heterocycles. The smallest absolute Gasteiger partial charge is 0.422 e. The number of hydrogen-bond donors (Lipinski definition) is 1. The van der Waals surface area contributed by atoms with Gasteiger partial charge < -0.3 is 27.8 Å². The summed E-state index contributed by atoms with van der Waals surface area (Å²) in [4.78, 5) is 21.4. The quantitative estimate of drug-likeness (QED) is 0.147. The highest BCUT2D eigenvalue weighted by Gasteiger charge is 2.18. The number of aromatic nitrogens is 3. The van der Waals surface area contributed by atoms with E-state index in [0.29, 0.717) is 41.1 Å². The molecule has 232 valence electrons. The lowest BCUT2D eigenvalue weighted by molar-refractivity contribution is 0.280. The van der Waals surface area contributed by atoms with Gasteiger partial charge in [-0.25, -0.2) is 19.3 Å². The normalized spacial score (nSPS) is 11.5. The Morgan fingerprint density at radius 2 is 1.41 bits per heavy atom. The van der Waals surface area contributed by atoms with Crippen LogP contribution in [0.15, 0.2) is 109 Å². The third-order valence-corrected chi connectivity index (χ3v) is 7.08. The Hall–Kier alpha value is -6.03. The Balaban J connectivity index is 1.07. The van der Waals surface area contributed by atoms with E-state index in [4.69, 9.17) is 22.7 Å². The van der Waals surface area contributed by atoms with Crippen molar-refractivity contribution in [3.05, 3.63) is 148 Å². The van der Waals surface area contributed by atoms with E-state index in [1.165, 1.54) is 6.26 Å². The van der Waals surface area contributed by atoms with Crippen LogP contribution in [0.5, 0.6) is 17.4 Å². The van der Waals surface area contributed by atoms with Gasteiger partial charge in [0, 0.05) is 18.6 Å². The second-order valence-corrected chi connectivity index (χ2v) is 10.3. The summed E-state index contributed by atoms with van der Waals surface area (Å²) in [6.45, 7) is 0.177. The molecule has 0 spiro atoms. The predicted octanol–water partition coefficient (Wildman–Crippen LogP) is 6.88. The average molecular weight is 618 g/mol. The molecule has 0 saturated carbocycles. The molecule has 46 heavy (non-hydrogen) atoms. The molecule has 0 fully saturated rings. The summed E-state index contributed by atoms with van der Waals surface area (Å²) >= 11 is 0. The molecule has 6 aromatic rings. The number of benzene rings is 3. The van der Waals surface area contributed by atoms with Crippen molar-refractivity contribution in [2.75, 3.05) is 7.11 Å². The van der Waals surface area contributed by atoms with Gasteiger partial charge in [-0.3, -0.25) is 0 Å². The highest BCUT2D eigenvalue weighted by molar-refractivity contribution is 5.66. The van der Waals surface area contributed by atoms with Gasteiger partial charge in [0.1, 0.15) is 24.8 Å². The third kappa shape index (κ3) is 7.54. The number of nitrogens with zero attached hydrogens (tertiary/aromatic N) is 3. The first-order valence-corrected chi connectivity index (χ1v) is 14.6. The highest BCUT2D eigenvalue weighted by atomic mass is 16.5. The van der Waals surface area contributed by atoms with Gasteiger partial charge in [0.15, 0.2) is 17.3 Å². The van der Waals surface area contributed by atoms with Crippen LogP contribution in [0, 0.1) is 0 Å². The summed E-state index contributed by atoms with van der Waals surface area (Å²) in [6.07, 6.45) is 11.1. The van der Waals surface area contributed by atoms with E-state index in [1.807, 2.05) is 84.9 Å². The molecular weight excluding hydrogens is 586 g/mol. The molecular formula is C36H31N3O7. The van der Waals surface area contributed by atoms with Gasteiger partial charge in [-0.2, -0.15) is 0 Å². The van der Waals surface area contributed by atoms with Crippen LogP contribution in [-0.2, 0) is 26.0 Å². The van der Waals surface area contributed by atoms with Crippen LogP contribution in [0.3, 0.4) is 0 Å². The fourth-order valence-corrected chi connectivity index (χ4v) is 4.71. The van der Waals surface area contributed by atoms with Gasteiger partial charge in [-0.15, -0.1) is 0 Å². The van der Waals surface area contributed by atoms with Gasteiger partial charge >= 0.3 is 5.76 Å². The lowest BCUT2D eigenvalue weighted by Crippen LogP contribution is -2.14. The van der Waals surface area contributed by atoms with Crippen molar-refractivity contribution >= 4 is 24.3 Å². The minimum atomic E-state index is -0.679. The fourth-order valence-electron chi connectivity index (χ4n) is 4.71. The van der Waals surface area contributed by atoms with Crippen molar-refractivity contribution < 1.29 is 27.8 Å². The highest BCUT2D eigenvalue weighted by Crippen LogP contribution is 2.30. The summed E-state index contributed by atoms with van der Waals surface area (Å²) in [5.74, 6) is 1.19. The minimum absolute atomic E-state index is 0.00315. The zero-order chi connectivity index (χ0) is 31.7. The van der Waals surface area contributed by atoms with E-state index < -0.39 is 5.76 Å². The number of aromatic hydroxyl groups is 1. The Kier molecular flexibility index (Phi) is 9.25. The zero-order valence-corrected chi connectivity index (χ0v) is 25.0. The van der Waals surface area contributed by atoms with Crippen LogP contribution in [-0.4, -0.2) is 26.8 Å². The maximum absolute atomic E-state index is 12.6. The topological polar surface area (TPSA) is 126 Å². The van der Waals surface area contributed by atoms with Crippen molar-refractivity contribution in [2.24, 2.45) is 0 Å². The van der Waals surface area contributed by atoms with E-state index in [0.717, 1.165) is 21.3 Å².